The number of anilines is 1. The van der Waals surface area contributed by atoms with Gasteiger partial charge in [-0.1, -0.05) is 25.1 Å². The third kappa shape index (κ3) is 4.18. The van der Waals surface area contributed by atoms with Gasteiger partial charge in [-0.05, 0) is 31.9 Å². The zero-order valence-corrected chi connectivity index (χ0v) is 15.5. The van der Waals surface area contributed by atoms with Gasteiger partial charge in [0.1, 0.15) is 5.41 Å². The number of hydrogen-bond donors (Lipinski definition) is 1. The van der Waals surface area contributed by atoms with Crippen molar-refractivity contribution in [2.45, 2.75) is 34.1 Å². The fourth-order valence-corrected chi connectivity index (χ4v) is 2.95. The van der Waals surface area contributed by atoms with E-state index in [0.29, 0.717) is 26.2 Å². The number of carbonyl (C=O) groups is 3. The number of rotatable bonds is 4. The maximum absolute atomic E-state index is 12.8. The number of para-hydroxylation sites is 1. The zero-order chi connectivity index (χ0) is 18.6. The van der Waals surface area contributed by atoms with Crippen molar-refractivity contribution in [3.8, 4) is 0 Å². The maximum atomic E-state index is 12.8. The van der Waals surface area contributed by atoms with Gasteiger partial charge in [-0.25, -0.2) is 0 Å². The first-order valence-electron chi connectivity index (χ1n) is 8.71. The molecule has 0 radical (unpaired) electrons. The highest BCUT2D eigenvalue weighted by atomic mass is 16.2. The lowest BCUT2D eigenvalue weighted by Crippen LogP contribution is -2.55. The topological polar surface area (TPSA) is 69.7 Å². The standard InChI is InChI=1S/C19H27N3O3/c1-5-15-8-6-7-9-16(15)20-17(24)19(3,4)18(25)22-12-10-21(11-13-22)14(2)23/h6-9H,5,10-13H2,1-4H3,(H,20,24). The van der Waals surface area contributed by atoms with Gasteiger partial charge < -0.3 is 15.1 Å². The molecule has 1 aliphatic rings. The molecule has 0 spiro atoms. The second-order valence-corrected chi connectivity index (χ2v) is 6.89. The van der Waals surface area contributed by atoms with Crippen LogP contribution >= 0.6 is 0 Å². The summed E-state index contributed by atoms with van der Waals surface area (Å²) >= 11 is 0. The van der Waals surface area contributed by atoms with Crippen molar-refractivity contribution in [1.82, 2.24) is 9.80 Å². The molecule has 0 aromatic heterocycles. The molecule has 0 aliphatic carbocycles. The van der Waals surface area contributed by atoms with E-state index in [1.807, 2.05) is 31.2 Å². The van der Waals surface area contributed by atoms with E-state index < -0.39 is 5.41 Å². The minimum absolute atomic E-state index is 0.0141. The molecule has 2 rings (SSSR count). The molecular formula is C19H27N3O3. The van der Waals surface area contributed by atoms with Gasteiger partial charge in [0.05, 0.1) is 0 Å². The lowest BCUT2D eigenvalue weighted by atomic mass is 9.89. The molecule has 1 heterocycles. The third-order valence-electron chi connectivity index (χ3n) is 4.76. The minimum Gasteiger partial charge on any atom is -0.339 e. The molecule has 1 aliphatic heterocycles. The largest absolute Gasteiger partial charge is 0.339 e. The van der Waals surface area contributed by atoms with E-state index >= 15 is 0 Å². The Hall–Kier alpha value is -2.37. The SMILES string of the molecule is CCc1ccccc1NC(=O)C(C)(C)C(=O)N1CCN(C(C)=O)CC1. The molecule has 3 amide bonds. The Morgan fingerprint density at radius 2 is 1.60 bits per heavy atom. The van der Waals surface area contributed by atoms with E-state index in [-0.39, 0.29) is 17.7 Å². The number of amides is 3. The lowest BCUT2D eigenvalue weighted by Gasteiger charge is -2.37. The molecule has 25 heavy (non-hydrogen) atoms. The van der Waals surface area contributed by atoms with Crippen molar-refractivity contribution < 1.29 is 14.4 Å². The number of nitrogens with zero attached hydrogens (tertiary/aromatic N) is 2. The van der Waals surface area contributed by atoms with Gasteiger partial charge >= 0.3 is 0 Å². The van der Waals surface area contributed by atoms with Crippen molar-refractivity contribution >= 4 is 23.4 Å². The Morgan fingerprint density at radius 1 is 1.04 bits per heavy atom. The second-order valence-electron chi connectivity index (χ2n) is 6.89. The predicted molar refractivity (Wildman–Crippen MR) is 97.1 cm³/mol. The van der Waals surface area contributed by atoms with Crippen molar-refractivity contribution in [3.63, 3.8) is 0 Å². The lowest BCUT2D eigenvalue weighted by molar-refractivity contribution is -0.149. The van der Waals surface area contributed by atoms with E-state index in [0.717, 1.165) is 17.7 Å². The van der Waals surface area contributed by atoms with Crippen molar-refractivity contribution in [2.24, 2.45) is 5.41 Å². The van der Waals surface area contributed by atoms with Crippen molar-refractivity contribution in [2.75, 3.05) is 31.5 Å². The van der Waals surface area contributed by atoms with Gasteiger partial charge in [-0.3, -0.25) is 14.4 Å². The summed E-state index contributed by atoms with van der Waals surface area (Å²) in [4.78, 5) is 40.4. The van der Waals surface area contributed by atoms with Gasteiger partial charge in [0, 0.05) is 38.8 Å². The summed E-state index contributed by atoms with van der Waals surface area (Å²) in [6.45, 7) is 8.79. The van der Waals surface area contributed by atoms with E-state index in [1.54, 1.807) is 23.6 Å². The molecular weight excluding hydrogens is 318 g/mol. The Labute approximate surface area is 149 Å². The van der Waals surface area contributed by atoms with Gasteiger partial charge in [-0.2, -0.15) is 0 Å². The Balaban J connectivity index is 2.05. The molecule has 136 valence electrons. The highest BCUT2D eigenvalue weighted by Crippen LogP contribution is 2.24. The smallest absolute Gasteiger partial charge is 0.239 e. The normalized spacial score (nSPS) is 15.0. The summed E-state index contributed by atoms with van der Waals surface area (Å²) in [5.74, 6) is -0.505. The molecule has 0 unspecified atom stereocenters. The molecule has 0 atom stereocenters. The highest BCUT2D eigenvalue weighted by molar-refractivity contribution is 6.10. The van der Waals surface area contributed by atoms with Crippen LogP contribution in [0.15, 0.2) is 24.3 Å². The number of carbonyl (C=O) groups excluding carboxylic acids is 3. The molecule has 1 fully saturated rings. The third-order valence-corrected chi connectivity index (χ3v) is 4.76. The summed E-state index contributed by atoms with van der Waals surface area (Å²) < 4.78 is 0. The van der Waals surface area contributed by atoms with Crippen LogP contribution in [0.2, 0.25) is 0 Å². The first-order chi connectivity index (χ1) is 11.8. The quantitative estimate of drug-likeness (QED) is 0.848. The van der Waals surface area contributed by atoms with Gasteiger partial charge in [0.2, 0.25) is 17.7 Å². The van der Waals surface area contributed by atoms with Crippen molar-refractivity contribution in [3.05, 3.63) is 29.8 Å². The van der Waals surface area contributed by atoms with Crippen LogP contribution in [0.5, 0.6) is 0 Å². The molecule has 1 aromatic carbocycles. The number of piperazine rings is 1. The van der Waals surface area contributed by atoms with E-state index in [4.69, 9.17) is 0 Å². The number of hydrogen-bond acceptors (Lipinski definition) is 3. The zero-order valence-electron chi connectivity index (χ0n) is 15.5. The molecule has 0 saturated carbocycles. The number of nitrogens with one attached hydrogen (secondary N) is 1. The van der Waals surface area contributed by atoms with Crippen LogP contribution < -0.4 is 5.32 Å². The summed E-state index contributed by atoms with van der Waals surface area (Å²) in [7, 11) is 0. The van der Waals surface area contributed by atoms with Gasteiger partial charge in [0.25, 0.3) is 0 Å². The van der Waals surface area contributed by atoms with Crippen molar-refractivity contribution in [1.29, 1.82) is 0 Å². The summed E-state index contributed by atoms with van der Waals surface area (Å²) in [6.07, 6.45) is 0.803. The first-order valence-corrected chi connectivity index (χ1v) is 8.71. The Morgan fingerprint density at radius 3 is 2.16 bits per heavy atom. The van der Waals surface area contributed by atoms with Gasteiger partial charge in [0.15, 0.2) is 0 Å². The van der Waals surface area contributed by atoms with E-state index in [2.05, 4.69) is 5.32 Å². The molecule has 6 nitrogen and oxygen atoms in total. The maximum Gasteiger partial charge on any atom is 0.239 e. The van der Waals surface area contributed by atoms with E-state index in [9.17, 15) is 14.4 Å². The van der Waals surface area contributed by atoms with Crippen LogP contribution in [0.25, 0.3) is 0 Å². The minimum atomic E-state index is -1.17. The summed E-state index contributed by atoms with van der Waals surface area (Å²) in [6, 6.07) is 7.61. The Bertz CT molecular complexity index is 662. The van der Waals surface area contributed by atoms with Crippen LogP contribution in [-0.4, -0.2) is 53.7 Å². The fourth-order valence-electron chi connectivity index (χ4n) is 2.95. The number of aryl methyl sites for hydroxylation is 1. The van der Waals surface area contributed by atoms with E-state index in [1.165, 1.54) is 6.92 Å². The van der Waals surface area contributed by atoms with Crippen LogP contribution in [-0.2, 0) is 20.8 Å². The monoisotopic (exact) mass is 345 g/mol. The molecule has 1 aromatic rings. The van der Waals surface area contributed by atoms with Crippen LogP contribution in [0.4, 0.5) is 5.69 Å². The number of benzene rings is 1. The molecule has 6 heteroatoms. The summed E-state index contributed by atoms with van der Waals surface area (Å²) in [5.41, 5.74) is 0.616. The van der Waals surface area contributed by atoms with Crippen LogP contribution in [0, 0.1) is 5.41 Å². The Kier molecular flexibility index (Phi) is 5.82. The predicted octanol–water partition coefficient (Wildman–Crippen LogP) is 1.90. The first kappa shape index (κ1) is 19.0. The average molecular weight is 345 g/mol. The molecule has 0 bridgehead atoms. The summed E-state index contributed by atoms with van der Waals surface area (Å²) in [5, 5.41) is 2.90. The fraction of sp³-hybridized carbons (Fsp3) is 0.526. The average Bonchev–Trinajstić information content (AvgIpc) is 2.61. The molecule has 1 N–H and O–H groups in total. The van der Waals surface area contributed by atoms with Gasteiger partial charge in [-0.15, -0.1) is 0 Å². The van der Waals surface area contributed by atoms with Crippen LogP contribution in [0.1, 0.15) is 33.3 Å². The second kappa shape index (κ2) is 7.68. The van der Waals surface area contributed by atoms with Crippen LogP contribution in [0.3, 0.4) is 0 Å². The highest BCUT2D eigenvalue weighted by Gasteiger charge is 2.40. The molecule has 1 saturated heterocycles.